The number of amides is 2. The van der Waals surface area contributed by atoms with Gasteiger partial charge in [0.05, 0.1) is 0 Å². The Morgan fingerprint density at radius 1 is 0.786 bits per heavy atom. The first-order valence-electron chi connectivity index (χ1n) is 8.70. The van der Waals surface area contributed by atoms with Crippen LogP contribution >= 0.6 is 0 Å². The second kappa shape index (κ2) is 9.32. The zero-order chi connectivity index (χ0) is 19.8. The van der Waals surface area contributed by atoms with E-state index in [2.05, 4.69) is 10.6 Å². The third kappa shape index (κ3) is 5.67. The first-order chi connectivity index (χ1) is 13.6. The second-order valence-corrected chi connectivity index (χ2v) is 6.06. The fourth-order valence-electron chi connectivity index (χ4n) is 2.43. The smallest absolute Gasteiger partial charge is 0.313 e. The van der Waals surface area contributed by atoms with Crippen LogP contribution in [0.4, 0.5) is 10.1 Å². The molecule has 0 spiro atoms. The van der Waals surface area contributed by atoms with Crippen molar-refractivity contribution >= 4 is 17.5 Å². The molecule has 3 aromatic rings. The maximum absolute atomic E-state index is 12.9. The molecule has 2 N–H and O–H groups in total. The van der Waals surface area contributed by atoms with Crippen LogP contribution in [0.1, 0.15) is 11.1 Å². The lowest BCUT2D eigenvalue weighted by molar-refractivity contribution is -0.136. The van der Waals surface area contributed by atoms with Crippen LogP contribution in [0.25, 0.3) is 0 Å². The SMILES string of the molecule is O=C(NCc1ccc(F)cc1)C(=O)Nc1ccc(OCc2ccccc2)cc1. The molecule has 0 saturated carbocycles. The standard InChI is InChI=1S/C22H19FN2O3/c23-18-8-6-16(7-9-18)14-24-21(26)22(27)25-19-10-12-20(13-11-19)28-15-17-4-2-1-3-5-17/h1-13H,14-15H2,(H,24,26)(H,25,27). The number of benzene rings is 3. The molecule has 0 saturated heterocycles. The number of carbonyl (C=O) groups is 2. The molecule has 0 aliphatic rings. The predicted octanol–water partition coefficient (Wildman–Crippen LogP) is 3.66. The van der Waals surface area contributed by atoms with Crippen molar-refractivity contribution in [1.29, 1.82) is 0 Å². The summed E-state index contributed by atoms with van der Waals surface area (Å²) in [5.74, 6) is -1.25. The van der Waals surface area contributed by atoms with E-state index in [0.29, 0.717) is 23.6 Å². The summed E-state index contributed by atoms with van der Waals surface area (Å²) in [6, 6.07) is 22.2. The molecular formula is C22H19FN2O3. The molecule has 0 fully saturated rings. The third-order valence-corrected chi connectivity index (χ3v) is 3.93. The Balaban J connectivity index is 1.46. The van der Waals surface area contributed by atoms with E-state index in [0.717, 1.165) is 5.56 Å². The monoisotopic (exact) mass is 378 g/mol. The lowest BCUT2D eigenvalue weighted by atomic mass is 10.2. The summed E-state index contributed by atoms with van der Waals surface area (Å²) in [6.45, 7) is 0.580. The van der Waals surface area contributed by atoms with Crippen molar-refractivity contribution in [2.75, 3.05) is 5.32 Å². The molecule has 28 heavy (non-hydrogen) atoms. The van der Waals surface area contributed by atoms with Gasteiger partial charge in [0.25, 0.3) is 0 Å². The van der Waals surface area contributed by atoms with E-state index >= 15 is 0 Å². The van der Waals surface area contributed by atoms with Gasteiger partial charge in [-0.2, -0.15) is 0 Å². The van der Waals surface area contributed by atoms with Crippen LogP contribution in [0.3, 0.4) is 0 Å². The maximum Gasteiger partial charge on any atom is 0.313 e. The fourth-order valence-corrected chi connectivity index (χ4v) is 2.43. The Labute approximate surface area is 162 Å². The zero-order valence-electron chi connectivity index (χ0n) is 15.0. The highest BCUT2D eigenvalue weighted by Crippen LogP contribution is 2.17. The van der Waals surface area contributed by atoms with E-state index in [1.807, 2.05) is 30.3 Å². The molecule has 5 nitrogen and oxygen atoms in total. The lowest BCUT2D eigenvalue weighted by Crippen LogP contribution is -2.34. The van der Waals surface area contributed by atoms with Gasteiger partial charge in [0.1, 0.15) is 18.2 Å². The molecule has 142 valence electrons. The summed E-state index contributed by atoms with van der Waals surface area (Å²) in [4.78, 5) is 23.9. The maximum atomic E-state index is 12.9. The van der Waals surface area contributed by atoms with Crippen LogP contribution in [0, 0.1) is 5.82 Å². The van der Waals surface area contributed by atoms with Gasteiger partial charge >= 0.3 is 11.8 Å². The largest absolute Gasteiger partial charge is 0.489 e. The molecule has 0 heterocycles. The van der Waals surface area contributed by atoms with Gasteiger partial charge in [-0.1, -0.05) is 42.5 Å². The highest BCUT2D eigenvalue weighted by atomic mass is 19.1. The first kappa shape index (κ1) is 19.1. The predicted molar refractivity (Wildman–Crippen MR) is 104 cm³/mol. The summed E-state index contributed by atoms with van der Waals surface area (Å²) in [5, 5.41) is 5.01. The van der Waals surface area contributed by atoms with Gasteiger partial charge < -0.3 is 15.4 Å². The molecular weight excluding hydrogens is 359 g/mol. The molecule has 3 aromatic carbocycles. The minimum atomic E-state index is -0.778. The molecule has 3 rings (SSSR count). The van der Waals surface area contributed by atoms with Crippen molar-refractivity contribution in [2.45, 2.75) is 13.2 Å². The van der Waals surface area contributed by atoms with Crippen LogP contribution in [-0.4, -0.2) is 11.8 Å². The van der Waals surface area contributed by atoms with Crippen LogP contribution in [0.2, 0.25) is 0 Å². The number of ether oxygens (including phenoxy) is 1. The minimum absolute atomic E-state index is 0.138. The van der Waals surface area contributed by atoms with E-state index in [1.165, 1.54) is 12.1 Å². The average molecular weight is 378 g/mol. The second-order valence-electron chi connectivity index (χ2n) is 6.06. The quantitative estimate of drug-likeness (QED) is 0.644. The van der Waals surface area contributed by atoms with Crippen molar-refractivity contribution in [3.8, 4) is 5.75 Å². The average Bonchev–Trinajstić information content (AvgIpc) is 2.73. The van der Waals surface area contributed by atoms with E-state index in [4.69, 9.17) is 4.74 Å². The van der Waals surface area contributed by atoms with Gasteiger partial charge in [0, 0.05) is 12.2 Å². The number of hydrogen-bond acceptors (Lipinski definition) is 3. The highest BCUT2D eigenvalue weighted by Gasteiger charge is 2.13. The number of hydrogen-bond donors (Lipinski definition) is 2. The Kier molecular flexibility index (Phi) is 6.36. The van der Waals surface area contributed by atoms with Crippen molar-refractivity contribution in [3.05, 3.63) is 95.8 Å². The molecule has 0 atom stereocenters. The van der Waals surface area contributed by atoms with Crippen molar-refractivity contribution in [2.24, 2.45) is 0 Å². The fraction of sp³-hybridized carbons (Fsp3) is 0.0909. The van der Waals surface area contributed by atoms with Gasteiger partial charge in [-0.3, -0.25) is 9.59 Å². The van der Waals surface area contributed by atoms with E-state index in [-0.39, 0.29) is 12.4 Å². The van der Waals surface area contributed by atoms with E-state index in [1.54, 1.807) is 36.4 Å². The van der Waals surface area contributed by atoms with Crippen LogP contribution in [0.5, 0.6) is 5.75 Å². The summed E-state index contributed by atoms with van der Waals surface area (Å²) in [6.07, 6.45) is 0. The molecule has 0 aromatic heterocycles. The van der Waals surface area contributed by atoms with E-state index < -0.39 is 11.8 Å². The molecule has 0 radical (unpaired) electrons. The number of carbonyl (C=O) groups excluding carboxylic acids is 2. The summed E-state index contributed by atoms with van der Waals surface area (Å²) >= 11 is 0. The summed E-state index contributed by atoms with van der Waals surface area (Å²) in [5.41, 5.74) is 2.23. The number of anilines is 1. The van der Waals surface area contributed by atoms with Gasteiger partial charge in [0.2, 0.25) is 0 Å². The molecule has 6 heteroatoms. The Morgan fingerprint density at radius 3 is 2.14 bits per heavy atom. The zero-order valence-corrected chi connectivity index (χ0v) is 15.0. The molecule has 0 aliphatic heterocycles. The topological polar surface area (TPSA) is 67.4 Å². The van der Waals surface area contributed by atoms with Crippen molar-refractivity contribution < 1.29 is 18.7 Å². The molecule has 0 unspecified atom stereocenters. The number of rotatable bonds is 6. The van der Waals surface area contributed by atoms with Crippen molar-refractivity contribution in [1.82, 2.24) is 5.32 Å². The van der Waals surface area contributed by atoms with Gasteiger partial charge in [0.15, 0.2) is 0 Å². The number of halogens is 1. The molecule has 0 aliphatic carbocycles. The summed E-state index contributed by atoms with van der Waals surface area (Å²) < 4.78 is 18.5. The summed E-state index contributed by atoms with van der Waals surface area (Å²) in [7, 11) is 0. The normalized spacial score (nSPS) is 10.2. The van der Waals surface area contributed by atoms with Crippen LogP contribution in [0.15, 0.2) is 78.9 Å². The van der Waals surface area contributed by atoms with Gasteiger partial charge in [-0.15, -0.1) is 0 Å². The highest BCUT2D eigenvalue weighted by molar-refractivity contribution is 6.39. The van der Waals surface area contributed by atoms with Crippen LogP contribution in [-0.2, 0) is 22.7 Å². The van der Waals surface area contributed by atoms with Gasteiger partial charge in [-0.05, 0) is 47.5 Å². The Hall–Kier alpha value is -3.67. The minimum Gasteiger partial charge on any atom is -0.489 e. The Morgan fingerprint density at radius 2 is 1.46 bits per heavy atom. The van der Waals surface area contributed by atoms with Crippen molar-refractivity contribution in [3.63, 3.8) is 0 Å². The third-order valence-electron chi connectivity index (χ3n) is 3.93. The number of nitrogens with one attached hydrogen (secondary N) is 2. The first-order valence-corrected chi connectivity index (χ1v) is 8.70. The Bertz CT molecular complexity index is 926. The van der Waals surface area contributed by atoms with E-state index in [9.17, 15) is 14.0 Å². The molecule has 2 amide bonds. The van der Waals surface area contributed by atoms with Gasteiger partial charge in [-0.25, -0.2) is 4.39 Å². The van der Waals surface area contributed by atoms with Crippen LogP contribution < -0.4 is 15.4 Å². The molecule has 0 bridgehead atoms. The lowest BCUT2D eigenvalue weighted by Gasteiger charge is -2.09.